The molecule has 20 heavy (non-hydrogen) atoms. The van der Waals surface area contributed by atoms with Gasteiger partial charge in [-0.2, -0.15) is 0 Å². The van der Waals surface area contributed by atoms with Crippen molar-refractivity contribution in [3.63, 3.8) is 0 Å². The summed E-state index contributed by atoms with van der Waals surface area (Å²) in [6.07, 6.45) is 5.21. The number of hydrogen-bond acceptors (Lipinski definition) is 3. The first-order valence-electron chi connectivity index (χ1n) is 7.23. The molecule has 0 aromatic carbocycles. The molecule has 4 nitrogen and oxygen atoms in total. The maximum atomic E-state index is 12.3. The second-order valence-corrected chi connectivity index (χ2v) is 6.21. The molecule has 0 radical (unpaired) electrons. The Hall–Kier alpha value is -1.36. The summed E-state index contributed by atoms with van der Waals surface area (Å²) in [7, 11) is 0. The van der Waals surface area contributed by atoms with E-state index in [0.29, 0.717) is 6.42 Å². The summed E-state index contributed by atoms with van der Waals surface area (Å²) in [4.78, 5) is 24.4. The van der Waals surface area contributed by atoms with E-state index >= 15 is 0 Å². The number of carbonyl (C=O) groups excluding carboxylic acids is 1. The zero-order valence-corrected chi connectivity index (χ0v) is 12.5. The molecule has 5 heteroatoms. The average molecular weight is 295 g/mol. The first-order valence-corrected chi connectivity index (χ1v) is 8.11. The van der Waals surface area contributed by atoms with Crippen LogP contribution in [0.4, 0.5) is 0 Å². The largest absolute Gasteiger partial charge is 0.481 e. The Bertz CT molecular complexity index is 483. The molecule has 1 aromatic heterocycles. The van der Waals surface area contributed by atoms with Gasteiger partial charge in [0.05, 0.1) is 10.8 Å². The summed E-state index contributed by atoms with van der Waals surface area (Å²) in [5.41, 5.74) is 1.04. The van der Waals surface area contributed by atoms with Crippen molar-refractivity contribution in [3.8, 4) is 0 Å². The molecule has 2 N–H and O–H groups in total. The lowest BCUT2D eigenvalue weighted by molar-refractivity contribution is -0.142. The highest BCUT2D eigenvalue weighted by molar-refractivity contribution is 7.12. The second-order valence-electron chi connectivity index (χ2n) is 5.29. The number of amides is 1. The van der Waals surface area contributed by atoms with Crippen molar-refractivity contribution in [3.05, 3.63) is 21.9 Å². The second kappa shape index (κ2) is 6.88. The van der Waals surface area contributed by atoms with Gasteiger partial charge in [-0.3, -0.25) is 9.59 Å². The Morgan fingerprint density at radius 1 is 1.35 bits per heavy atom. The molecule has 1 amide bonds. The minimum absolute atomic E-state index is 0.116. The Balaban J connectivity index is 2.09. The van der Waals surface area contributed by atoms with Gasteiger partial charge < -0.3 is 10.4 Å². The molecular weight excluding hydrogens is 274 g/mol. The monoisotopic (exact) mass is 295 g/mol. The lowest BCUT2D eigenvalue weighted by Crippen LogP contribution is -2.42. The van der Waals surface area contributed by atoms with Crippen LogP contribution >= 0.6 is 11.3 Å². The Morgan fingerprint density at radius 2 is 2.10 bits per heavy atom. The third-order valence-corrected chi connectivity index (χ3v) is 4.94. The van der Waals surface area contributed by atoms with Crippen LogP contribution in [0.2, 0.25) is 0 Å². The predicted octanol–water partition coefficient (Wildman–Crippen LogP) is 3.07. The number of carboxylic acids is 1. The van der Waals surface area contributed by atoms with Crippen LogP contribution in [0.3, 0.4) is 0 Å². The molecule has 1 aromatic rings. The van der Waals surface area contributed by atoms with Crippen molar-refractivity contribution in [1.82, 2.24) is 5.32 Å². The van der Waals surface area contributed by atoms with Gasteiger partial charge in [-0.1, -0.05) is 26.2 Å². The van der Waals surface area contributed by atoms with Gasteiger partial charge in [0, 0.05) is 6.04 Å². The fourth-order valence-electron chi connectivity index (χ4n) is 2.82. The quantitative estimate of drug-likeness (QED) is 0.839. The van der Waals surface area contributed by atoms with Crippen molar-refractivity contribution >= 4 is 23.2 Å². The molecule has 2 atom stereocenters. The van der Waals surface area contributed by atoms with E-state index in [2.05, 4.69) is 5.32 Å². The third-order valence-electron chi connectivity index (χ3n) is 3.98. The number of rotatable bonds is 4. The van der Waals surface area contributed by atoms with Gasteiger partial charge in [0.1, 0.15) is 0 Å². The van der Waals surface area contributed by atoms with E-state index in [4.69, 9.17) is 0 Å². The van der Waals surface area contributed by atoms with Gasteiger partial charge in [-0.25, -0.2) is 0 Å². The van der Waals surface area contributed by atoms with E-state index < -0.39 is 11.9 Å². The van der Waals surface area contributed by atoms with Crippen molar-refractivity contribution in [1.29, 1.82) is 0 Å². The molecule has 0 aliphatic heterocycles. The van der Waals surface area contributed by atoms with Crippen LogP contribution in [-0.2, 0) is 11.2 Å². The van der Waals surface area contributed by atoms with Gasteiger partial charge in [-0.05, 0) is 36.3 Å². The molecule has 2 unspecified atom stereocenters. The standard InChI is InChI=1S/C15H21NO3S/c1-2-10-8-9-20-13(10)14(17)16-12-7-5-3-4-6-11(12)15(18)19/h8-9,11-12H,2-7H2,1H3,(H,16,17)(H,18,19). The van der Waals surface area contributed by atoms with E-state index in [0.717, 1.165) is 42.5 Å². The Morgan fingerprint density at radius 3 is 2.80 bits per heavy atom. The van der Waals surface area contributed by atoms with Gasteiger partial charge in [0.25, 0.3) is 5.91 Å². The zero-order valence-electron chi connectivity index (χ0n) is 11.7. The minimum atomic E-state index is -0.793. The van der Waals surface area contributed by atoms with Crippen molar-refractivity contribution < 1.29 is 14.7 Å². The Kier molecular flexibility index (Phi) is 5.17. The highest BCUT2D eigenvalue weighted by Gasteiger charge is 2.31. The molecule has 1 saturated carbocycles. The van der Waals surface area contributed by atoms with Crippen molar-refractivity contribution in [2.45, 2.75) is 51.5 Å². The first kappa shape index (κ1) is 15.0. The SMILES string of the molecule is CCc1ccsc1C(=O)NC1CCCCCC1C(=O)O. The fraction of sp³-hybridized carbons (Fsp3) is 0.600. The van der Waals surface area contributed by atoms with Crippen LogP contribution in [0.5, 0.6) is 0 Å². The minimum Gasteiger partial charge on any atom is -0.481 e. The van der Waals surface area contributed by atoms with Crippen LogP contribution in [0, 0.1) is 5.92 Å². The van der Waals surface area contributed by atoms with Gasteiger partial charge >= 0.3 is 5.97 Å². The summed E-state index contributed by atoms with van der Waals surface area (Å²) in [6, 6.07) is 1.72. The van der Waals surface area contributed by atoms with Gasteiger partial charge in [0.15, 0.2) is 0 Å². The number of thiophene rings is 1. The number of aryl methyl sites for hydroxylation is 1. The number of nitrogens with one attached hydrogen (secondary N) is 1. The van der Waals surface area contributed by atoms with E-state index in [-0.39, 0.29) is 11.9 Å². The molecule has 1 aliphatic carbocycles. The molecule has 0 spiro atoms. The number of carbonyl (C=O) groups is 2. The van der Waals surface area contributed by atoms with E-state index in [1.807, 2.05) is 18.4 Å². The summed E-state index contributed by atoms with van der Waals surface area (Å²) in [6.45, 7) is 2.02. The highest BCUT2D eigenvalue weighted by Crippen LogP contribution is 2.25. The average Bonchev–Trinajstić information content (AvgIpc) is 2.78. The molecule has 1 fully saturated rings. The van der Waals surface area contributed by atoms with Crippen LogP contribution in [0.15, 0.2) is 11.4 Å². The van der Waals surface area contributed by atoms with Gasteiger partial charge in [-0.15, -0.1) is 11.3 Å². The third kappa shape index (κ3) is 3.39. The fourth-order valence-corrected chi connectivity index (χ4v) is 3.72. The number of aliphatic carboxylic acids is 1. The van der Waals surface area contributed by atoms with E-state index in [9.17, 15) is 14.7 Å². The smallest absolute Gasteiger partial charge is 0.308 e. The van der Waals surface area contributed by atoms with Crippen LogP contribution in [0.1, 0.15) is 54.3 Å². The lowest BCUT2D eigenvalue weighted by atomic mass is 9.94. The summed E-state index contributed by atoms with van der Waals surface area (Å²) in [5, 5.41) is 14.2. The summed E-state index contributed by atoms with van der Waals surface area (Å²) in [5.74, 6) is -1.36. The van der Waals surface area contributed by atoms with Crippen LogP contribution in [0.25, 0.3) is 0 Å². The Labute approximate surface area is 123 Å². The maximum Gasteiger partial charge on any atom is 0.308 e. The summed E-state index contributed by atoms with van der Waals surface area (Å²) >= 11 is 1.43. The molecule has 1 heterocycles. The number of carboxylic acid groups (broad SMARTS) is 1. The molecule has 0 saturated heterocycles. The highest BCUT2D eigenvalue weighted by atomic mass is 32.1. The molecule has 2 rings (SSSR count). The van der Waals surface area contributed by atoms with E-state index in [1.54, 1.807) is 0 Å². The van der Waals surface area contributed by atoms with Crippen LogP contribution < -0.4 is 5.32 Å². The van der Waals surface area contributed by atoms with Crippen molar-refractivity contribution in [2.75, 3.05) is 0 Å². The molecule has 110 valence electrons. The van der Waals surface area contributed by atoms with E-state index in [1.165, 1.54) is 11.3 Å². The van der Waals surface area contributed by atoms with Crippen LogP contribution in [-0.4, -0.2) is 23.0 Å². The maximum absolute atomic E-state index is 12.3. The zero-order chi connectivity index (χ0) is 14.5. The lowest BCUT2D eigenvalue weighted by Gasteiger charge is -2.22. The molecule has 1 aliphatic rings. The first-order chi connectivity index (χ1) is 9.63. The normalized spacial score (nSPS) is 23.1. The van der Waals surface area contributed by atoms with Gasteiger partial charge in [0.2, 0.25) is 0 Å². The molecular formula is C15H21NO3S. The van der Waals surface area contributed by atoms with Crippen molar-refractivity contribution in [2.24, 2.45) is 5.92 Å². The molecule has 0 bridgehead atoms. The number of hydrogen-bond donors (Lipinski definition) is 2. The predicted molar refractivity (Wildman–Crippen MR) is 79.2 cm³/mol. The summed E-state index contributed by atoms with van der Waals surface area (Å²) < 4.78 is 0. The topological polar surface area (TPSA) is 66.4 Å².